The van der Waals surface area contributed by atoms with Gasteiger partial charge < -0.3 is 10.6 Å². The van der Waals surface area contributed by atoms with Gasteiger partial charge in [-0.15, -0.1) is 0 Å². The van der Waals surface area contributed by atoms with E-state index >= 15 is 0 Å². The summed E-state index contributed by atoms with van der Waals surface area (Å²) in [5, 5.41) is 5.73. The predicted molar refractivity (Wildman–Crippen MR) is 85.1 cm³/mol. The number of hydrogen-bond acceptors (Lipinski definition) is 4. The molecule has 0 aliphatic rings. The van der Waals surface area contributed by atoms with Crippen molar-refractivity contribution in [2.24, 2.45) is 0 Å². The average Bonchev–Trinajstić information content (AvgIpc) is 2.33. The van der Waals surface area contributed by atoms with Crippen LogP contribution in [-0.2, 0) is 10.0 Å². The predicted octanol–water partition coefficient (Wildman–Crippen LogP) is 1.09. The van der Waals surface area contributed by atoms with E-state index in [0.717, 1.165) is 17.5 Å². The van der Waals surface area contributed by atoms with E-state index in [0.29, 0.717) is 5.56 Å². The van der Waals surface area contributed by atoms with Crippen molar-refractivity contribution in [3.63, 3.8) is 0 Å². The third-order valence-electron chi connectivity index (χ3n) is 2.84. The molecule has 0 aromatic heterocycles. The molecule has 1 amide bonds. The first-order valence-electron chi connectivity index (χ1n) is 6.59. The minimum absolute atomic E-state index is 0.190. The van der Waals surface area contributed by atoms with Gasteiger partial charge in [0.25, 0.3) is 5.91 Å². The number of carbonyl (C=O) groups is 1. The van der Waals surface area contributed by atoms with E-state index in [1.165, 1.54) is 0 Å². The van der Waals surface area contributed by atoms with Gasteiger partial charge in [-0.1, -0.05) is 6.07 Å². The van der Waals surface area contributed by atoms with Crippen LogP contribution in [0.4, 0.5) is 5.69 Å². The molecule has 0 aliphatic heterocycles. The second-order valence-electron chi connectivity index (χ2n) is 5.74. The van der Waals surface area contributed by atoms with Gasteiger partial charge >= 0.3 is 0 Å². The maximum Gasteiger partial charge on any atom is 0.253 e. The molecule has 0 heterocycles. The monoisotopic (exact) mass is 313 g/mol. The Kier molecular flexibility index (Phi) is 5.36. The normalized spacial score (nSPS) is 12.0. The first kappa shape index (κ1) is 17.5. The highest BCUT2D eigenvalue weighted by molar-refractivity contribution is 7.88. The van der Waals surface area contributed by atoms with Gasteiger partial charge in [-0.2, -0.15) is 0 Å². The van der Waals surface area contributed by atoms with Gasteiger partial charge in [0.15, 0.2) is 0 Å². The van der Waals surface area contributed by atoms with E-state index < -0.39 is 15.6 Å². The molecule has 0 spiro atoms. The fourth-order valence-corrected chi connectivity index (χ4v) is 3.07. The highest BCUT2D eigenvalue weighted by Crippen LogP contribution is 2.17. The van der Waals surface area contributed by atoms with E-state index in [9.17, 15) is 13.2 Å². The Balaban J connectivity index is 2.79. The van der Waals surface area contributed by atoms with Crippen LogP contribution in [0.5, 0.6) is 0 Å². The van der Waals surface area contributed by atoms with Gasteiger partial charge in [0.1, 0.15) is 0 Å². The molecule has 6 nitrogen and oxygen atoms in total. The molecule has 0 bridgehead atoms. The maximum absolute atomic E-state index is 12.2. The molecule has 118 valence electrons. The Labute approximate surface area is 126 Å². The number of amides is 1. The lowest BCUT2D eigenvalue weighted by Crippen LogP contribution is -2.51. The molecule has 0 fully saturated rings. The second kappa shape index (κ2) is 6.44. The minimum Gasteiger partial charge on any atom is -0.387 e. The van der Waals surface area contributed by atoms with Crippen molar-refractivity contribution in [2.75, 3.05) is 25.2 Å². The van der Waals surface area contributed by atoms with Crippen LogP contribution in [0.25, 0.3) is 0 Å². The highest BCUT2D eigenvalue weighted by atomic mass is 32.2. The number of rotatable bonds is 6. The number of benzene rings is 1. The molecule has 1 rings (SSSR count). The van der Waals surface area contributed by atoms with E-state index in [4.69, 9.17) is 0 Å². The highest BCUT2D eigenvalue weighted by Gasteiger charge is 2.23. The van der Waals surface area contributed by atoms with Gasteiger partial charge in [-0.3, -0.25) is 4.79 Å². The Morgan fingerprint density at radius 2 is 1.90 bits per heavy atom. The summed E-state index contributed by atoms with van der Waals surface area (Å²) in [7, 11) is -1.58. The Hall–Kier alpha value is -1.60. The van der Waals surface area contributed by atoms with Crippen LogP contribution in [0, 0.1) is 6.92 Å². The van der Waals surface area contributed by atoms with E-state index in [1.807, 2.05) is 19.1 Å². The van der Waals surface area contributed by atoms with Gasteiger partial charge in [-0.25, -0.2) is 13.1 Å². The summed E-state index contributed by atoms with van der Waals surface area (Å²) < 4.78 is 25.0. The van der Waals surface area contributed by atoms with Gasteiger partial charge in [-0.05, 0) is 38.5 Å². The molecular weight excluding hydrogens is 290 g/mol. The van der Waals surface area contributed by atoms with Crippen molar-refractivity contribution in [3.05, 3.63) is 29.3 Å². The van der Waals surface area contributed by atoms with E-state index in [1.54, 1.807) is 27.0 Å². The summed E-state index contributed by atoms with van der Waals surface area (Å²) in [6, 6.07) is 5.48. The molecule has 1 aromatic carbocycles. The lowest BCUT2D eigenvalue weighted by Gasteiger charge is -2.25. The maximum atomic E-state index is 12.2. The zero-order valence-electron chi connectivity index (χ0n) is 13.1. The van der Waals surface area contributed by atoms with Crippen molar-refractivity contribution in [2.45, 2.75) is 26.3 Å². The van der Waals surface area contributed by atoms with Crippen LogP contribution < -0.4 is 15.4 Å². The number of hydrogen-bond donors (Lipinski definition) is 3. The van der Waals surface area contributed by atoms with Crippen molar-refractivity contribution in [1.29, 1.82) is 0 Å². The lowest BCUT2D eigenvalue weighted by molar-refractivity contribution is 0.0945. The molecule has 0 saturated carbocycles. The molecule has 7 heteroatoms. The Morgan fingerprint density at radius 1 is 1.29 bits per heavy atom. The zero-order chi connectivity index (χ0) is 16.3. The Morgan fingerprint density at radius 3 is 2.43 bits per heavy atom. The number of anilines is 1. The lowest BCUT2D eigenvalue weighted by atomic mass is 10.1. The molecular formula is C14H23N3O3S. The smallest absolute Gasteiger partial charge is 0.253 e. The molecule has 3 N–H and O–H groups in total. The molecule has 0 aliphatic carbocycles. The fraction of sp³-hybridized carbons (Fsp3) is 0.500. The minimum atomic E-state index is -3.33. The number of aryl methyl sites for hydroxylation is 1. The molecule has 0 saturated heterocycles. The standard InChI is InChI=1S/C14H23N3O3S/c1-10-6-7-11(12(8-10)15-4)13(18)16-9-14(2,3)17-21(5,19)20/h6-8,15,17H,9H2,1-5H3,(H,16,18). The van der Waals surface area contributed by atoms with Crippen molar-refractivity contribution in [1.82, 2.24) is 10.0 Å². The molecule has 0 atom stereocenters. The van der Waals surface area contributed by atoms with Crippen LogP contribution >= 0.6 is 0 Å². The van der Waals surface area contributed by atoms with Crippen LogP contribution in [0.3, 0.4) is 0 Å². The van der Waals surface area contributed by atoms with Crippen LogP contribution in [-0.4, -0.2) is 39.7 Å². The third-order valence-corrected chi connectivity index (χ3v) is 3.76. The summed E-state index contributed by atoms with van der Waals surface area (Å²) in [5.74, 6) is -0.247. The zero-order valence-corrected chi connectivity index (χ0v) is 13.9. The van der Waals surface area contributed by atoms with Crippen LogP contribution in [0.15, 0.2) is 18.2 Å². The first-order chi connectivity index (χ1) is 9.54. The number of carbonyl (C=O) groups excluding carboxylic acids is 1. The number of nitrogens with one attached hydrogen (secondary N) is 3. The second-order valence-corrected chi connectivity index (χ2v) is 7.49. The van der Waals surface area contributed by atoms with E-state index in [-0.39, 0.29) is 12.5 Å². The molecule has 0 unspecified atom stereocenters. The summed E-state index contributed by atoms with van der Waals surface area (Å²) in [5.41, 5.74) is 1.56. The van der Waals surface area contributed by atoms with Crippen molar-refractivity contribution < 1.29 is 13.2 Å². The largest absolute Gasteiger partial charge is 0.387 e. The SMILES string of the molecule is CNc1cc(C)ccc1C(=O)NCC(C)(C)NS(C)(=O)=O. The van der Waals surface area contributed by atoms with Crippen molar-refractivity contribution in [3.8, 4) is 0 Å². The van der Waals surface area contributed by atoms with Crippen LogP contribution in [0.1, 0.15) is 29.8 Å². The summed E-state index contributed by atoms with van der Waals surface area (Å²) in [6.45, 7) is 5.56. The molecule has 1 aromatic rings. The quantitative estimate of drug-likeness (QED) is 0.734. The van der Waals surface area contributed by atoms with E-state index in [2.05, 4.69) is 15.4 Å². The number of sulfonamides is 1. The molecule has 21 heavy (non-hydrogen) atoms. The van der Waals surface area contributed by atoms with Gasteiger partial charge in [0.2, 0.25) is 10.0 Å². The third kappa shape index (κ3) is 5.73. The average molecular weight is 313 g/mol. The Bertz CT molecular complexity index is 624. The van der Waals surface area contributed by atoms with Crippen LogP contribution in [0.2, 0.25) is 0 Å². The summed E-state index contributed by atoms with van der Waals surface area (Å²) >= 11 is 0. The summed E-state index contributed by atoms with van der Waals surface area (Å²) in [6.07, 6.45) is 1.09. The van der Waals surface area contributed by atoms with Gasteiger partial charge in [0, 0.05) is 24.8 Å². The summed E-state index contributed by atoms with van der Waals surface area (Å²) in [4.78, 5) is 12.2. The first-order valence-corrected chi connectivity index (χ1v) is 8.49. The topological polar surface area (TPSA) is 87.3 Å². The van der Waals surface area contributed by atoms with Crippen molar-refractivity contribution >= 4 is 21.6 Å². The van der Waals surface area contributed by atoms with Gasteiger partial charge in [0.05, 0.1) is 11.8 Å². The fourth-order valence-electron chi connectivity index (χ4n) is 2.00. The molecule has 0 radical (unpaired) electrons.